The Balaban J connectivity index is 1.46. The van der Waals surface area contributed by atoms with Crippen LogP contribution >= 0.6 is 11.3 Å². The lowest BCUT2D eigenvalue weighted by molar-refractivity contribution is 0.0730. The van der Waals surface area contributed by atoms with Crippen molar-refractivity contribution in [2.24, 2.45) is 5.92 Å². The number of urea groups is 1. The zero-order valence-electron chi connectivity index (χ0n) is 16.7. The Bertz CT molecular complexity index is 950. The smallest absolute Gasteiger partial charge is 0.319 e. The van der Waals surface area contributed by atoms with Gasteiger partial charge < -0.3 is 15.4 Å². The van der Waals surface area contributed by atoms with Gasteiger partial charge in [0.05, 0.1) is 24.2 Å². The van der Waals surface area contributed by atoms with Crippen LogP contribution in [0.15, 0.2) is 46.7 Å². The second kappa shape index (κ2) is 9.47. The summed E-state index contributed by atoms with van der Waals surface area (Å²) < 4.78 is 32.4. The first-order valence-electron chi connectivity index (χ1n) is 10.3. The second-order valence-corrected chi connectivity index (χ2v) is 10.6. The Morgan fingerprint density at radius 2 is 1.90 bits per heavy atom. The van der Waals surface area contributed by atoms with Crippen molar-refractivity contribution < 1.29 is 17.9 Å². The van der Waals surface area contributed by atoms with E-state index in [1.807, 2.05) is 11.4 Å². The molecule has 1 saturated carbocycles. The highest BCUT2D eigenvalue weighted by molar-refractivity contribution is 7.89. The lowest BCUT2D eigenvalue weighted by Crippen LogP contribution is -2.40. The molecule has 4 rings (SSSR count). The molecule has 1 aromatic heterocycles. The van der Waals surface area contributed by atoms with Crippen molar-refractivity contribution in [3.05, 3.63) is 46.7 Å². The van der Waals surface area contributed by atoms with Gasteiger partial charge in [-0.05, 0) is 48.4 Å². The Hall–Kier alpha value is -1.94. The molecular formula is C21H27N3O4S2. The van der Waals surface area contributed by atoms with Crippen molar-refractivity contribution in [3.8, 4) is 0 Å². The highest BCUT2D eigenvalue weighted by Crippen LogP contribution is 2.37. The molecule has 0 bridgehead atoms. The molecule has 1 saturated heterocycles. The second-order valence-electron chi connectivity index (χ2n) is 7.68. The fourth-order valence-corrected chi connectivity index (χ4v) is 6.48. The maximum absolute atomic E-state index is 12.9. The van der Waals surface area contributed by atoms with Gasteiger partial charge in [-0.15, -0.1) is 11.3 Å². The number of thiophene rings is 1. The molecule has 1 aliphatic carbocycles. The quantitative estimate of drug-likeness (QED) is 0.702. The maximum atomic E-state index is 12.9. The van der Waals surface area contributed by atoms with Crippen LogP contribution in [-0.2, 0) is 14.8 Å². The third kappa shape index (κ3) is 4.85. The molecule has 30 heavy (non-hydrogen) atoms. The number of nitrogens with one attached hydrogen (secondary N) is 2. The number of carbonyl (C=O) groups is 1. The fraction of sp³-hybridized carbons (Fsp3) is 0.476. The summed E-state index contributed by atoms with van der Waals surface area (Å²) in [4.78, 5) is 14.1. The monoisotopic (exact) mass is 449 g/mol. The molecule has 2 N–H and O–H groups in total. The van der Waals surface area contributed by atoms with Crippen molar-refractivity contribution >= 4 is 33.1 Å². The molecule has 0 unspecified atom stereocenters. The largest absolute Gasteiger partial charge is 0.379 e. The summed E-state index contributed by atoms with van der Waals surface area (Å²) in [6, 6.07) is 10.1. The van der Waals surface area contributed by atoms with E-state index in [2.05, 4.69) is 16.7 Å². The topological polar surface area (TPSA) is 87.7 Å². The number of amides is 2. The van der Waals surface area contributed by atoms with Crippen LogP contribution in [0, 0.1) is 5.92 Å². The molecule has 2 amide bonds. The predicted octanol–water partition coefficient (Wildman–Crippen LogP) is 3.82. The van der Waals surface area contributed by atoms with Crippen LogP contribution in [0.25, 0.3) is 0 Å². The van der Waals surface area contributed by atoms with Gasteiger partial charge >= 0.3 is 6.03 Å². The summed E-state index contributed by atoms with van der Waals surface area (Å²) in [5, 5.41) is 7.96. The van der Waals surface area contributed by atoms with Crippen molar-refractivity contribution in [2.75, 3.05) is 31.6 Å². The first-order valence-corrected chi connectivity index (χ1v) is 12.6. The average molecular weight is 450 g/mol. The van der Waals surface area contributed by atoms with Gasteiger partial charge in [0.2, 0.25) is 10.0 Å². The van der Waals surface area contributed by atoms with Gasteiger partial charge in [0, 0.05) is 23.7 Å². The summed E-state index contributed by atoms with van der Waals surface area (Å²) in [6.07, 6.45) is 4.60. The van der Waals surface area contributed by atoms with E-state index in [-0.39, 0.29) is 17.0 Å². The molecular weight excluding hydrogens is 422 g/mol. The summed E-state index contributed by atoms with van der Waals surface area (Å²) in [5.41, 5.74) is 0.457. The van der Waals surface area contributed by atoms with E-state index >= 15 is 0 Å². The minimum absolute atomic E-state index is 0.0206. The molecule has 2 fully saturated rings. The molecule has 162 valence electrons. The normalized spacial score (nSPS) is 19.5. The minimum Gasteiger partial charge on any atom is -0.379 e. The van der Waals surface area contributed by atoms with E-state index in [0.29, 0.717) is 37.9 Å². The van der Waals surface area contributed by atoms with Gasteiger partial charge in [0.25, 0.3) is 0 Å². The molecule has 2 heterocycles. The highest BCUT2D eigenvalue weighted by Gasteiger charge is 2.29. The summed E-state index contributed by atoms with van der Waals surface area (Å²) in [5.74, 6) is 0.433. The van der Waals surface area contributed by atoms with Crippen molar-refractivity contribution in [1.82, 2.24) is 9.62 Å². The van der Waals surface area contributed by atoms with Crippen molar-refractivity contribution in [3.63, 3.8) is 0 Å². The lowest BCUT2D eigenvalue weighted by atomic mass is 9.97. The zero-order valence-corrected chi connectivity index (χ0v) is 18.4. The van der Waals surface area contributed by atoms with E-state index in [9.17, 15) is 13.2 Å². The Kier molecular flexibility index (Phi) is 6.72. The third-order valence-electron chi connectivity index (χ3n) is 5.71. The van der Waals surface area contributed by atoms with Crippen LogP contribution < -0.4 is 10.6 Å². The van der Waals surface area contributed by atoms with Crippen LogP contribution in [-0.4, -0.2) is 45.1 Å². The SMILES string of the molecule is O=C(Nc1cccc(S(=O)(=O)N2CCOCC2)c1)N[C@H](c1cccs1)C1CCCC1. The first kappa shape index (κ1) is 21.3. The van der Waals surface area contributed by atoms with E-state index in [0.717, 1.165) is 17.7 Å². The molecule has 2 aliphatic rings. The Labute approximate surface area is 181 Å². The molecule has 1 aliphatic heterocycles. The third-order valence-corrected chi connectivity index (χ3v) is 8.56. The first-order chi connectivity index (χ1) is 14.5. The molecule has 2 aromatic rings. The molecule has 0 spiro atoms. The number of morpholine rings is 1. The fourth-order valence-electron chi connectivity index (χ4n) is 4.16. The van der Waals surface area contributed by atoms with Crippen LogP contribution in [0.1, 0.15) is 36.6 Å². The number of hydrogen-bond donors (Lipinski definition) is 2. The number of carbonyl (C=O) groups excluding carboxylic acids is 1. The lowest BCUT2D eigenvalue weighted by Gasteiger charge is -2.26. The number of rotatable bonds is 6. The molecule has 9 heteroatoms. The van der Waals surface area contributed by atoms with Gasteiger partial charge in [-0.2, -0.15) is 4.31 Å². The number of benzene rings is 1. The van der Waals surface area contributed by atoms with Crippen LogP contribution in [0.2, 0.25) is 0 Å². The summed E-state index contributed by atoms with van der Waals surface area (Å²) in [7, 11) is -3.61. The maximum Gasteiger partial charge on any atom is 0.319 e. The van der Waals surface area contributed by atoms with Gasteiger partial charge in [0.15, 0.2) is 0 Å². The van der Waals surface area contributed by atoms with Gasteiger partial charge in [0.1, 0.15) is 0 Å². The van der Waals surface area contributed by atoms with Crippen LogP contribution in [0.4, 0.5) is 10.5 Å². The number of sulfonamides is 1. The average Bonchev–Trinajstić information content (AvgIpc) is 3.47. The Morgan fingerprint density at radius 3 is 2.60 bits per heavy atom. The van der Waals surface area contributed by atoms with Gasteiger partial charge in [-0.25, -0.2) is 13.2 Å². The standard InChI is InChI=1S/C21H27N3O4S2/c25-21(23-20(16-5-1-2-6-16)19-9-4-14-29-19)22-17-7-3-8-18(15-17)30(26,27)24-10-12-28-13-11-24/h3-4,7-9,14-16,20H,1-2,5-6,10-13H2,(H2,22,23,25)/t20-/m0/s1. The number of nitrogens with zero attached hydrogens (tertiary/aromatic N) is 1. The molecule has 7 nitrogen and oxygen atoms in total. The highest BCUT2D eigenvalue weighted by atomic mass is 32.2. The van der Waals surface area contributed by atoms with E-state index in [4.69, 9.17) is 4.74 Å². The number of hydrogen-bond acceptors (Lipinski definition) is 5. The molecule has 0 radical (unpaired) electrons. The van der Waals surface area contributed by atoms with E-state index in [1.54, 1.807) is 29.5 Å². The number of ether oxygens (including phenoxy) is 1. The number of anilines is 1. The van der Waals surface area contributed by atoms with Gasteiger partial charge in [-0.1, -0.05) is 25.0 Å². The Morgan fingerprint density at radius 1 is 1.13 bits per heavy atom. The minimum atomic E-state index is -3.61. The van der Waals surface area contributed by atoms with Crippen molar-refractivity contribution in [2.45, 2.75) is 36.6 Å². The molecule has 1 atom stereocenters. The van der Waals surface area contributed by atoms with Crippen molar-refractivity contribution in [1.29, 1.82) is 0 Å². The summed E-state index contributed by atoms with van der Waals surface area (Å²) >= 11 is 1.65. The van der Waals surface area contributed by atoms with E-state index in [1.165, 1.54) is 23.2 Å². The van der Waals surface area contributed by atoms with Crippen LogP contribution in [0.3, 0.4) is 0 Å². The molecule has 1 aromatic carbocycles. The van der Waals surface area contributed by atoms with E-state index < -0.39 is 10.0 Å². The zero-order chi connectivity index (χ0) is 21.0. The summed E-state index contributed by atoms with van der Waals surface area (Å²) in [6.45, 7) is 1.46. The predicted molar refractivity (Wildman–Crippen MR) is 117 cm³/mol. The van der Waals surface area contributed by atoms with Gasteiger partial charge in [-0.3, -0.25) is 0 Å². The van der Waals surface area contributed by atoms with Crippen LogP contribution in [0.5, 0.6) is 0 Å².